The largest absolute Gasteiger partial charge is 0.379 e. The van der Waals surface area contributed by atoms with Gasteiger partial charge in [-0.3, -0.25) is 4.99 Å². The number of halogens is 2. The highest BCUT2D eigenvalue weighted by atomic mass is 127. The van der Waals surface area contributed by atoms with E-state index < -0.39 is 0 Å². The first-order valence-electron chi connectivity index (χ1n) is 9.70. The van der Waals surface area contributed by atoms with Crippen molar-refractivity contribution in [1.29, 1.82) is 0 Å². The van der Waals surface area contributed by atoms with Crippen LogP contribution in [0.15, 0.2) is 29.3 Å². The van der Waals surface area contributed by atoms with Crippen molar-refractivity contribution in [3.63, 3.8) is 0 Å². The summed E-state index contributed by atoms with van der Waals surface area (Å²) in [5, 5.41) is 6.61. The van der Waals surface area contributed by atoms with E-state index in [1.165, 1.54) is 6.07 Å². The third-order valence-electron chi connectivity index (χ3n) is 5.04. The molecular formula is C20H31FIN3O2. The summed E-state index contributed by atoms with van der Waals surface area (Å²) in [6.07, 6.45) is 4.16. The van der Waals surface area contributed by atoms with Crippen molar-refractivity contribution in [2.24, 2.45) is 4.99 Å². The number of nitrogens with zero attached hydrogens (tertiary/aromatic N) is 1. The number of hydrogen-bond acceptors (Lipinski definition) is 3. The Labute approximate surface area is 178 Å². The molecule has 1 heterocycles. The lowest BCUT2D eigenvalue weighted by atomic mass is 9.95. The lowest BCUT2D eigenvalue weighted by Gasteiger charge is -2.17. The lowest BCUT2D eigenvalue weighted by molar-refractivity contribution is 0.0420. The van der Waals surface area contributed by atoms with Gasteiger partial charge in [0.25, 0.3) is 0 Å². The summed E-state index contributed by atoms with van der Waals surface area (Å²) in [5.41, 5.74) is 0.672. The molecule has 1 saturated heterocycles. The van der Waals surface area contributed by atoms with Gasteiger partial charge in [-0.05, 0) is 44.2 Å². The lowest BCUT2D eigenvalue weighted by Crippen LogP contribution is -2.38. The predicted molar refractivity (Wildman–Crippen MR) is 117 cm³/mol. The maximum atomic E-state index is 14.1. The van der Waals surface area contributed by atoms with Gasteiger partial charge in [0, 0.05) is 31.7 Å². The van der Waals surface area contributed by atoms with Gasteiger partial charge in [0.05, 0.1) is 19.3 Å². The topological polar surface area (TPSA) is 54.9 Å². The van der Waals surface area contributed by atoms with Crippen LogP contribution >= 0.6 is 24.0 Å². The molecule has 1 aromatic rings. The second kappa shape index (κ2) is 11.2. The van der Waals surface area contributed by atoms with E-state index in [4.69, 9.17) is 14.5 Å². The van der Waals surface area contributed by atoms with Crippen molar-refractivity contribution in [2.45, 2.75) is 44.1 Å². The van der Waals surface area contributed by atoms with Crippen LogP contribution in [0.5, 0.6) is 0 Å². The quantitative estimate of drug-likeness (QED) is 0.241. The Balaban J connectivity index is 0.00000261. The molecular weight excluding hydrogens is 460 g/mol. The summed E-state index contributed by atoms with van der Waals surface area (Å²) < 4.78 is 25.2. The van der Waals surface area contributed by atoms with Gasteiger partial charge < -0.3 is 20.1 Å². The highest BCUT2D eigenvalue weighted by molar-refractivity contribution is 14.0. The number of hydrogen-bond donors (Lipinski definition) is 2. The number of guanidine groups is 1. The molecule has 1 aliphatic heterocycles. The first-order valence-corrected chi connectivity index (χ1v) is 9.70. The summed E-state index contributed by atoms with van der Waals surface area (Å²) in [6.45, 7) is 6.50. The zero-order chi connectivity index (χ0) is 18.2. The van der Waals surface area contributed by atoms with E-state index in [0.29, 0.717) is 6.54 Å². The van der Waals surface area contributed by atoms with E-state index >= 15 is 0 Å². The minimum Gasteiger partial charge on any atom is -0.379 e. The van der Waals surface area contributed by atoms with Crippen molar-refractivity contribution >= 4 is 29.9 Å². The summed E-state index contributed by atoms with van der Waals surface area (Å²) in [7, 11) is 0. The number of benzene rings is 1. The molecule has 152 valence electrons. The third-order valence-corrected chi connectivity index (χ3v) is 5.04. The Kier molecular flexibility index (Phi) is 9.25. The Morgan fingerprint density at radius 3 is 2.81 bits per heavy atom. The molecule has 1 unspecified atom stereocenters. The summed E-state index contributed by atoms with van der Waals surface area (Å²) in [6, 6.07) is 7.07. The van der Waals surface area contributed by atoms with Gasteiger partial charge in [-0.1, -0.05) is 18.2 Å². The Bertz CT molecular complexity index is 605. The Hall–Kier alpha value is -0.930. The molecule has 3 rings (SSSR count). The fourth-order valence-corrected chi connectivity index (χ4v) is 3.30. The second-order valence-electron chi connectivity index (χ2n) is 7.09. The monoisotopic (exact) mass is 491 g/mol. The summed E-state index contributed by atoms with van der Waals surface area (Å²) >= 11 is 0. The average Bonchev–Trinajstić information content (AvgIpc) is 3.25. The van der Waals surface area contributed by atoms with E-state index in [1.54, 1.807) is 6.07 Å². The van der Waals surface area contributed by atoms with Crippen LogP contribution in [0.2, 0.25) is 0 Å². The molecule has 0 radical (unpaired) electrons. The molecule has 5 nitrogen and oxygen atoms in total. The maximum Gasteiger partial charge on any atom is 0.191 e. The van der Waals surface area contributed by atoms with Crippen LogP contribution in [-0.4, -0.2) is 51.5 Å². The molecule has 2 N–H and O–H groups in total. The summed E-state index contributed by atoms with van der Waals surface area (Å²) in [4.78, 5) is 4.71. The highest BCUT2D eigenvalue weighted by Crippen LogP contribution is 2.49. The molecule has 0 spiro atoms. The first kappa shape index (κ1) is 22.4. The maximum absolute atomic E-state index is 14.1. The number of aliphatic imine (C=N–C) groups is 1. The van der Waals surface area contributed by atoms with Crippen LogP contribution in [0.1, 0.15) is 38.2 Å². The van der Waals surface area contributed by atoms with Gasteiger partial charge in [-0.15, -0.1) is 24.0 Å². The molecule has 0 aromatic heterocycles. The number of nitrogens with one attached hydrogen (secondary N) is 2. The standard InChI is InChI=1S/C20H30FN3O2.HI/c1-2-22-19(23-11-5-12-26-16-8-13-25-14-16)24-15-20(9-10-20)17-6-3-4-7-18(17)21;/h3-4,6-7,16H,2,5,8-15H2,1H3,(H2,22,23,24);1H. The zero-order valence-corrected chi connectivity index (χ0v) is 18.3. The third kappa shape index (κ3) is 6.57. The van der Waals surface area contributed by atoms with Crippen LogP contribution in [0.3, 0.4) is 0 Å². The van der Waals surface area contributed by atoms with Crippen LogP contribution in [-0.2, 0) is 14.9 Å². The summed E-state index contributed by atoms with van der Waals surface area (Å²) in [5.74, 6) is 0.672. The molecule has 2 fully saturated rings. The van der Waals surface area contributed by atoms with Crippen LogP contribution in [0.25, 0.3) is 0 Å². The average molecular weight is 491 g/mol. The second-order valence-corrected chi connectivity index (χ2v) is 7.09. The smallest absolute Gasteiger partial charge is 0.191 e. The molecule has 1 atom stereocenters. The number of ether oxygens (including phenoxy) is 2. The molecule has 2 aliphatic rings. The van der Waals surface area contributed by atoms with E-state index in [0.717, 1.165) is 70.1 Å². The Morgan fingerprint density at radius 2 is 2.15 bits per heavy atom. The van der Waals surface area contributed by atoms with Crippen molar-refractivity contribution in [3.8, 4) is 0 Å². The van der Waals surface area contributed by atoms with E-state index in [-0.39, 0.29) is 41.3 Å². The Morgan fingerprint density at radius 1 is 1.33 bits per heavy atom. The van der Waals surface area contributed by atoms with Crippen LogP contribution in [0.4, 0.5) is 4.39 Å². The van der Waals surface area contributed by atoms with Gasteiger partial charge in [0.15, 0.2) is 5.96 Å². The van der Waals surface area contributed by atoms with Crippen molar-refractivity contribution in [1.82, 2.24) is 10.6 Å². The van der Waals surface area contributed by atoms with Gasteiger partial charge in [-0.2, -0.15) is 0 Å². The fraction of sp³-hybridized carbons (Fsp3) is 0.650. The molecule has 0 amide bonds. The van der Waals surface area contributed by atoms with Crippen molar-refractivity contribution < 1.29 is 13.9 Å². The molecule has 1 aliphatic carbocycles. The van der Waals surface area contributed by atoms with E-state index in [1.807, 2.05) is 19.1 Å². The van der Waals surface area contributed by atoms with Gasteiger partial charge >= 0.3 is 0 Å². The predicted octanol–water partition coefficient (Wildman–Crippen LogP) is 3.23. The fourth-order valence-electron chi connectivity index (χ4n) is 3.30. The highest BCUT2D eigenvalue weighted by Gasteiger charge is 2.45. The first-order chi connectivity index (χ1) is 12.7. The van der Waals surface area contributed by atoms with E-state index in [2.05, 4.69) is 10.6 Å². The van der Waals surface area contributed by atoms with Gasteiger partial charge in [0.2, 0.25) is 0 Å². The van der Waals surface area contributed by atoms with Gasteiger partial charge in [-0.25, -0.2) is 4.39 Å². The normalized spacial score (nSPS) is 20.8. The number of rotatable bonds is 9. The van der Waals surface area contributed by atoms with Crippen molar-refractivity contribution in [3.05, 3.63) is 35.6 Å². The molecule has 1 aromatic carbocycles. The molecule has 0 bridgehead atoms. The minimum absolute atomic E-state index is 0. The molecule has 27 heavy (non-hydrogen) atoms. The molecule has 7 heteroatoms. The minimum atomic E-state index is -0.126. The van der Waals surface area contributed by atoms with E-state index in [9.17, 15) is 4.39 Å². The molecule has 1 saturated carbocycles. The van der Waals surface area contributed by atoms with Crippen molar-refractivity contribution in [2.75, 3.05) is 39.5 Å². The van der Waals surface area contributed by atoms with Crippen LogP contribution in [0, 0.1) is 5.82 Å². The van der Waals surface area contributed by atoms with Gasteiger partial charge in [0.1, 0.15) is 5.82 Å². The zero-order valence-electron chi connectivity index (χ0n) is 16.0. The SMILES string of the molecule is CCNC(=NCC1(c2ccccc2F)CC1)NCCCOC1CCOC1.I. The van der Waals surface area contributed by atoms with Crippen LogP contribution < -0.4 is 10.6 Å².